The second-order valence-electron chi connectivity index (χ2n) is 6.59. The highest BCUT2D eigenvalue weighted by Crippen LogP contribution is 2.20. The van der Waals surface area contributed by atoms with E-state index in [9.17, 15) is 27.6 Å². The summed E-state index contributed by atoms with van der Waals surface area (Å²) in [4.78, 5) is 42.4. The van der Waals surface area contributed by atoms with E-state index in [1.54, 1.807) is 24.3 Å². The van der Waals surface area contributed by atoms with E-state index in [0.717, 1.165) is 0 Å². The fourth-order valence-electron chi connectivity index (χ4n) is 3.27. The number of carbonyl (C=O) groups is 2. The van der Waals surface area contributed by atoms with Crippen LogP contribution in [-0.4, -0.2) is 51.6 Å². The quantitative estimate of drug-likeness (QED) is 0.829. The number of aromatic nitrogens is 2. The van der Waals surface area contributed by atoms with Crippen molar-refractivity contribution in [2.75, 3.05) is 13.1 Å². The zero-order valence-corrected chi connectivity index (χ0v) is 14.9. The first-order valence-electron chi connectivity index (χ1n) is 8.84. The molecule has 1 aromatic carbocycles. The number of para-hydroxylation sites is 1. The lowest BCUT2D eigenvalue weighted by Gasteiger charge is -2.24. The molecule has 2 aromatic rings. The maximum atomic E-state index is 12.5. The van der Waals surface area contributed by atoms with Crippen LogP contribution in [0, 0.1) is 0 Å². The minimum absolute atomic E-state index is 0.0526. The Kier molecular flexibility index (Phi) is 5.66. The summed E-state index contributed by atoms with van der Waals surface area (Å²) in [6.07, 6.45) is -2.36. The molecule has 7 nitrogen and oxygen atoms in total. The Morgan fingerprint density at radius 2 is 2.00 bits per heavy atom. The molecule has 1 unspecified atom stereocenters. The van der Waals surface area contributed by atoms with Crippen molar-refractivity contribution in [3.05, 3.63) is 40.9 Å². The Balaban J connectivity index is 1.63. The van der Waals surface area contributed by atoms with Crippen molar-refractivity contribution in [2.24, 2.45) is 0 Å². The van der Waals surface area contributed by atoms with Gasteiger partial charge in [0.05, 0.1) is 17.2 Å². The van der Waals surface area contributed by atoms with Crippen LogP contribution in [-0.2, 0) is 16.1 Å². The van der Waals surface area contributed by atoms with Crippen LogP contribution in [0.25, 0.3) is 10.9 Å². The Hall–Kier alpha value is -2.91. The van der Waals surface area contributed by atoms with Gasteiger partial charge in [0.1, 0.15) is 12.6 Å². The number of hydrogen-bond acceptors (Lipinski definition) is 4. The van der Waals surface area contributed by atoms with Crippen LogP contribution in [0.5, 0.6) is 0 Å². The number of hydrogen-bond donors (Lipinski definition) is 1. The summed E-state index contributed by atoms with van der Waals surface area (Å²) in [6.45, 7) is -1.06. The van der Waals surface area contributed by atoms with Crippen molar-refractivity contribution in [2.45, 2.75) is 38.0 Å². The zero-order chi connectivity index (χ0) is 20.3. The van der Waals surface area contributed by atoms with Crippen LogP contribution in [0.2, 0.25) is 0 Å². The van der Waals surface area contributed by atoms with Gasteiger partial charge in [-0.1, -0.05) is 12.1 Å². The number of nitrogens with zero attached hydrogens (tertiary/aromatic N) is 3. The molecule has 1 N–H and O–H groups in total. The predicted molar refractivity (Wildman–Crippen MR) is 94.4 cm³/mol. The molecule has 2 heterocycles. The third kappa shape index (κ3) is 4.49. The molecule has 0 bridgehead atoms. The van der Waals surface area contributed by atoms with Gasteiger partial charge in [-0.25, -0.2) is 4.98 Å². The normalized spacial score (nSPS) is 17.1. The summed E-state index contributed by atoms with van der Waals surface area (Å²) in [5, 5.41) is 2.26. The van der Waals surface area contributed by atoms with Gasteiger partial charge in [0.15, 0.2) is 0 Å². The number of nitrogens with one attached hydrogen (secondary N) is 1. The summed E-state index contributed by atoms with van der Waals surface area (Å²) in [5.74, 6) is -1.20. The molecular formula is C18H19F3N4O3. The average molecular weight is 396 g/mol. The fraction of sp³-hybridized carbons (Fsp3) is 0.444. The second-order valence-corrected chi connectivity index (χ2v) is 6.59. The molecule has 3 rings (SSSR count). The fourth-order valence-corrected chi connectivity index (χ4v) is 3.27. The van der Waals surface area contributed by atoms with Crippen molar-refractivity contribution < 1.29 is 22.8 Å². The lowest BCUT2D eigenvalue weighted by molar-refractivity contribution is -0.144. The number of benzene rings is 1. The first-order valence-corrected chi connectivity index (χ1v) is 8.84. The minimum Gasteiger partial charge on any atom is -0.345 e. The molecule has 1 fully saturated rings. The van der Waals surface area contributed by atoms with E-state index in [0.29, 0.717) is 30.3 Å². The smallest absolute Gasteiger partial charge is 0.345 e. The van der Waals surface area contributed by atoms with Gasteiger partial charge in [-0.05, 0) is 25.0 Å². The number of alkyl halides is 3. The molecule has 1 aliphatic heterocycles. The lowest BCUT2D eigenvalue weighted by Crippen LogP contribution is -2.48. The van der Waals surface area contributed by atoms with Crippen molar-refractivity contribution in [3.63, 3.8) is 0 Å². The number of fused-ring (bicyclic) bond motifs is 1. The highest BCUT2D eigenvalue weighted by atomic mass is 19.4. The van der Waals surface area contributed by atoms with E-state index in [4.69, 9.17) is 0 Å². The number of likely N-dealkylation sites (tertiary alicyclic amines) is 1. The summed E-state index contributed by atoms with van der Waals surface area (Å²) in [6, 6.07) is 5.92. The van der Waals surface area contributed by atoms with E-state index in [1.165, 1.54) is 15.8 Å². The Labute approximate surface area is 158 Å². The molecule has 1 aromatic heterocycles. The average Bonchev–Trinajstić information content (AvgIpc) is 3.15. The standard InChI is InChI=1S/C18H19F3N4O3/c19-18(20,21)10-22-16(27)14-6-3-8-25(14)15(26)7-9-24-11-23-13-5-2-1-4-12(13)17(24)28/h1-2,4-5,11,14H,3,6-10H2,(H,22,27). The van der Waals surface area contributed by atoms with Gasteiger partial charge in [0.25, 0.3) is 5.56 Å². The van der Waals surface area contributed by atoms with Crippen LogP contribution < -0.4 is 10.9 Å². The number of amides is 2. The molecular weight excluding hydrogens is 377 g/mol. The van der Waals surface area contributed by atoms with Gasteiger partial charge < -0.3 is 10.2 Å². The maximum Gasteiger partial charge on any atom is 0.405 e. The van der Waals surface area contributed by atoms with Crippen LogP contribution >= 0.6 is 0 Å². The Morgan fingerprint density at radius 3 is 2.75 bits per heavy atom. The van der Waals surface area contributed by atoms with E-state index in [2.05, 4.69) is 4.98 Å². The van der Waals surface area contributed by atoms with Crippen LogP contribution in [0.1, 0.15) is 19.3 Å². The van der Waals surface area contributed by atoms with Crippen molar-refractivity contribution in [1.29, 1.82) is 0 Å². The van der Waals surface area contributed by atoms with E-state index in [-0.39, 0.29) is 24.4 Å². The highest BCUT2D eigenvalue weighted by Gasteiger charge is 2.36. The molecule has 0 radical (unpaired) electrons. The number of aryl methyl sites for hydroxylation is 1. The largest absolute Gasteiger partial charge is 0.405 e. The van der Waals surface area contributed by atoms with E-state index < -0.39 is 24.7 Å². The van der Waals surface area contributed by atoms with Crippen LogP contribution in [0.3, 0.4) is 0 Å². The molecule has 0 saturated carbocycles. The predicted octanol–water partition coefficient (Wildman–Crippen LogP) is 1.46. The third-order valence-electron chi connectivity index (χ3n) is 4.64. The van der Waals surface area contributed by atoms with Gasteiger partial charge in [-0.3, -0.25) is 19.0 Å². The first-order chi connectivity index (χ1) is 13.3. The highest BCUT2D eigenvalue weighted by molar-refractivity contribution is 5.88. The molecule has 1 aliphatic rings. The van der Waals surface area contributed by atoms with E-state index in [1.807, 2.05) is 5.32 Å². The molecule has 28 heavy (non-hydrogen) atoms. The summed E-state index contributed by atoms with van der Waals surface area (Å²) >= 11 is 0. The van der Waals surface area contributed by atoms with Crippen molar-refractivity contribution in [3.8, 4) is 0 Å². The van der Waals surface area contributed by atoms with Gasteiger partial charge in [0.2, 0.25) is 11.8 Å². The van der Waals surface area contributed by atoms with Gasteiger partial charge in [-0.15, -0.1) is 0 Å². The molecule has 150 valence electrons. The molecule has 0 aliphatic carbocycles. The monoisotopic (exact) mass is 396 g/mol. The van der Waals surface area contributed by atoms with Gasteiger partial charge in [0, 0.05) is 19.5 Å². The topological polar surface area (TPSA) is 84.3 Å². The summed E-state index contributed by atoms with van der Waals surface area (Å²) < 4.78 is 38.2. The maximum absolute atomic E-state index is 12.5. The Morgan fingerprint density at radius 1 is 1.25 bits per heavy atom. The molecule has 2 amide bonds. The van der Waals surface area contributed by atoms with Crippen LogP contribution in [0.15, 0.2) is 35.4 Å². The first kappa shape index (κ1) is 19.8. The third-order valence-corrected chi connectivity index (χ3v) is 4.64. The zero-order valence-electron chi connectivity index (χ0n) is 14.9. The Bertz CT molecular complexity index is 942. The second kappa shape index (κ2) is 7.99. The lowest BCUT2D eigenvalue weighted by atomic mass is 10.2. The number of carbonyl (C=O) groups excluding carboxylic acids is 2. The van der Waals surface area contributed by atoms with Gasteiger partial charge in [-0.2, -0.15) is 13.2 Å². The van der Waals surface area contributed by atoms with Gasteiger partial charge >= 0.3 is 6.18 Å². The molecule has 1 atom stereocenters. The molecule has 1 saturated heterocycles. The number of halogens is 3. The van der Waals surface area contributed by atoms with Crippen molar-refractivity contribution in [1.82, 2.24) is 19.8 Å². The van der Waals surface area contributed by atoms with Crippen LogP contribution in [0.4, 0.5) is 13.2 Å². The number of rotatable bonds is 5. The summed E-state index contributed by atoms with van der Waals surface area (Å²) in [7, 11) is 0. The van der Waals surface area contributed by atoms with E-state index >= 15 is 0 Å². The summed E-state index contributed by atoms with van der Waals surface area (Å²) in [5.41, 5.74) is 0.273. The minimum atomic E-state index is -4.51. The van der Waals surface area contributed by atoms with Crippen molar-refractivity contribution >= 4 is 22.7 Å². The SMILES string of the molecule is O=C(NCC(F)(F)F)C1CCCN1C(=O)CCn1cnc2ccccc2c1=O. The molecule has 0 spiro atoms. The molecule has 10 heteroatoms.